The summed E-state index contributed by atoms with van der Waals surface area (Å²) in [7, 11) is 0. The van der Waals surface area contributed by atoms with E-state index in [-0.39, 0.29) is 36.6 Å². The predicted octanol–water partition coefficient (Wildman–Crippen LogP) is 4.35. The topological polar surface area (TPSA) is 50.8 Å². The van der Waals surface area contributed by atoms with Crippen LogP contribution in [0.2, 0.25) is 0 Å². The van der Waals surface area contributed by atoms with E-state index in [2.05, 4.69) is 15.0 Å². The van der Waals surface area contributed by atoms with Gasteiger partial charge in [0.1, 0.15) is 11.5 Å². The van der Waals surface area contributed by atoms with Crippen LogP contribution in [-0.4, -0.2) is 43.4 Å². The number of halogens is 5. The largest absolute Gasteiger partial charge is 0.573 e. The third-order valence-electron chi connectivity index (χ3n) is 4.40. The summed E-state index contributed by atoms with van der Waals surface area (Å²) in [4.78, 5) is 13.4. The highest BCUT2D eigenvalue weighted by Crippen LogP contribution is 2.32. The standard InChI is InChI=1S/C20H21F3N2O3.2ClH/c1-14(26)27-17-6-2-15(3-7-17)19(25-12-10-24-11-13-25)16-4-8-18(9-5-16)28-20(21,22)23;;/h2-9,19,24H,10-13H2,1H3;2*1H/t19-;;/m0../s1. The lowest BCUT2D eigenvalue weighted by atomic mass is 9.96. The summed E-state index contributed by atoms with van der Waals surface area (Å²) in [5.41, 5.74) is 1.82. The molecule has 5 nitrogen and oxygen atoms in total. The van der Waals surface area contributed by atoms with Crippen molar-refractivity contribution in [2.24, 2.45) is 0 Å². The van der Waals surface area contributed by atoms with Crippen LogP contribution in [0.4, 0.5) is 13.2 Å². The van der Waals surface area contributed by atoms with E-state index in [1.165, 1.54) is 19.1 Å². The maximum Gasteiger partial charge on any atom is 0.573 e. The Morgan fingerprint density at radius 1 is 0.933 bits per heavy atom. The molecule has 1 aliphatic rings. The Kier molecular flexibility index (Phi) is 9.90. The molecule has 0 amide bonds. The number of hydrogen-bond donors (Lipinski definition) is 1. The van der Waals surface area contributed by atoms with E-state index in [1.807, 2.05) is 12.1 Å². The van der Waals surface area contributed by atoms with Crippen LogP contribution in [0.25, 0.3) is 0 Å². The minimum absolute atomic E-state index is 0. The second-order valence-electron chi connectivity index (χ2n) is 6.47. The Balaban J connectivity index is 0.00000225. The van der Waals surface area contributed by atoms with E-state index in [0.29, 0.717) is 5.75 Å². The minimum Gasteiger partial charge on any atom is -0.427 e. The molecule has 0 aromatic heterocycles. The van der Waals surface area contributed by atoms with E-state index >= 15 is 0 Å². The molecule has 1 saturated heterocycles. The van der Waals surface area contributed by atoms with Crippen molar-refractivity contribution in [2.75, 3.05) is 26.2 Å². The van der Waals surface area contributed by atoms with Crippen molar-refractivity contribution in [1.29, 1.82) is 0 Å². The highest BCUT2D eigenvalue weighted by molar-refractivity contribution is 5.85. The fourth-order valence-corrected chi connectivity index (χ4v) is 3.29. The second-order valence-corrected chi connectivity index (χ2v) is 6.47. The van der Waals surface area contributed by atoms with E-state index in [9.17, 15) is 18.0 Å². The first kappa shape index (κ1) is 26.0. The molecular formula is C20H23Cl2F3N2O3. The first-order chi connectivity index (χ1) is 13.3. The fraction of sp³-hybridized carbons (Fsp3) is 0.350. The molecule has 1 aliphatic heterocycles. The molecule has 1 N–H and O–H groups in total. The van der Waals surface area contributed by atoms with Crippen LogP contribution in [0.1, 0.15) is 24.1 Å². The van der Waals surface area contributed by atoms with E-state index in [4.69, 9.17) is 4.74 Å². The smallest absolute Gasteiger partial charge is 0.427 e. The normalized spacial score (nSPS) is 15.3. The lowest BCUT2D eigenvalue weighted by molar-refractivity contribution is -0.274. The van der Waals surface area contributed by atoms with Gasteiger partial charge < -0.3 is 14.8 Å². The fourth-order valence-electron chi connectivity index (χ4n) is 3.29. The number of piperazine rings is 1. The van der Waals surface area contributed by atoms with Crippen LogP contribution < -0.4 is 14.8 Å². The molecule has 0 aliphatic carbocycles. The van der Waals surface area contributed by atoms with Gasteiger partial charge >= 0.3 is 12.3 Å². The second kappa shape index (κ2) is 11.4. The number of ether oxygens (including phenoxy) is 2. The van der Waals surface area contributed by atoms with Crippen LogP contribution >= 0.6 is 24.8 Å². The average Bonchev–Trinajstić information content (AvgIpc) is 2.64. The molecule has 1 atom stereocenters. The number of alkyl halides is 3. The quantitative estimate of drug-likeness (QED) is 0.524. The maximum absolute atomic E-state index is 12.4. The monoisotopic (exact) mass is 466 g/mol. The maximum atomic E-state index is 12.4. The molecular weight excluding hydrogens is 444 g/mol. The third kappa shape index (κ3) is 7.36. The molecule has 2 aromatic carbocycles. The Morgan fingerprint density at radius 3 is 1.83 bits per heavy atom. The van der Waals surface area contributed by atoms with Crippen molar-refractivity contribution in [1.82, 2.24) is 10.2 Å². The van der Waals surface area contributed by atoms with E-state index < -0.39 is 12.3 Å². The summed E-state index contributed by atoms with van der Waals surface area (Å²) in [5, 5.41) is 3.29. The molecule has 30 heavy (non-hydrogen) atoms. The van der Waals surface area contributed by atoms with Crippen molar-refractivity contribution < 1.29 is 27.4 Å². The van der Waals surface area contributed by atoms with Crippen molar-refractivity contribution in [2.45, 2.75) is 19.3 Å². The lowest BCUT2D eigenvalue weighted by Gasteiger charge is -2.35. The Hall–Kier alpha value is -2.00. The van der Waals surface area contributed by atoms with Crippen molar-refractivity contribution in [3.63, 3.8) is 0 Å². The summed E-state index contributed by atoms with van der Waals surface area (Å²) in [6.45, 7) is 4.60. The summed E-state index contributed by atoms with van der Waals surface area (Å²) < 4.78 is 46.3. The van der Waals surface area contributed by atoms with E-state index in [1.54, 1.807) is 24.3 Å². The van der Waals surface area contributed by atoms with Gasteiger partial charge in [0.15, 0.2) is 0 Å². The zero-order valence-corrected chi connectivity index (χ0v) is 17.8. The Bertz CT molecular complexity index is 796. The lowest BCUT2D eigenvalue weighted by Crippen LogP contribution is -2.45. The summed E-state index contributed by atoms with van der Waals surface area (Å²) in [5.74, 6) is -0.198. The third-order valence-corrected chi connectivity index (χ3v) is 4.40. The van der Waals surface area contributed by atoms with Gasteiger partial charge in [-0.25, -0.2) is 0 Å². The molecule has 10 heteroatoms. The van der Waals surface area contributed by atoms with Gasteiger partial charge in [-0.05, 0) is 35.4 Å². The van der Waals surface area contributed by atoms with Gasteiger partial charge in [0.2, 0.25) is 0 Å². The zero-order chi connectivity index (χ0) is 20.1. The van der Waals surface area contributed by atoms with Gasteiger partial charge in [0.25, 0.3) is 0 Å². The molecule has 0 bridgehead atoms. The Labute approximate surface area is 185 Å². The van der Waals surface area contributed by atoms with Crippen LogP contribution in [0.15, 0.2) is 48.5 Å². The average molecular weight is 467 g/mol. The van der Waals surface area contributed by atoms with Gasteiger partial charge in [-0.2, -0.15) is 0 Å². The van der Waals surface area contributed by atoms with Gasteiger partial charge in [-0.1, -0.05) is 24.3 Å². The molecule has 3 rings (SSSR count). The van der Waals surface area contributed by atoms with Gasteiger partial charge in [0, 0.05) is 33.1 Å². The molecule has 166 valence electrons. The van der Waals surface area contributed by atoms with Crippen LogP contribution in [0.5, 0.6) is 11.5 Å². The molecule has 0 radical (unpaired) electrons. The van der Waals surface area contributed by atoms with E-state index in [0.717, 1.165) is 37.3 Å². The van der Waals surface area contributed by atoms with Gasteiger partial charge in [0.05, 0.1) is 6.04 Å². The van der Waals surface area contributed by atoms with Crippen LogP contribution in [0, 0.1) is 0 Å². The number of nitrogens with one attached hydrogen (secondary N) is 1. The molecule has 0 unspecified atom stereocenters. The molecule has 0 spiro atoms. The number of hydrogen-bond acceptors (Lipinski definition) is 5. The summed E-state index contributed by atoms with van der Waals surface area (Å²) in [6.07, 6.45) is -4.72. The van der Waals surface area contributed by atoms with Crippen molar-refractivity contribution in [3.8, 4) is 11.5 Å². The highest BCUT2D eigenvalue weighted by atomic mass is 35.5. The molecule has 1 heterocycles. The van der Waals surface area contributed by atoms with Crippen LogP contribution in [0.3, 0.4) is 0 Å². The summed E-state index contributed by atoms with van der Waals surface area (Å²) in [6, 6.07) is 13.0. The van der Waals surface area contributed by atoms with Crippen molar-refractivity contribution in [3.05, 3.63) is 59.7 Å². The van der Waals surface area contributed by atoms with Gasteiger partial charge in [-0.15, -0.1) is 38.0 Å². The van der Waals surface area contributed by atoms with Crippen molar-refractivity contribution >= 4 is 30.8 Å². The first-order valence-corrected chi connectivity index (χ1v) is 8.91. The molecule has 2 aromatic rings. The number of nitrogens with zero attached hydrogens (tertiary/aromatic N) is 1. The molecule has 1 fully saturated rings. The summed E-state index contributed by atoms with van der Waals surface area (Å²) >= 11 is 0. The number of esters is 1. The number of rotatable bonds is 5. The minimum atomic E-state index is -4.72. The number of carbonyl (C=O) groups is 1. The van der Waals surface area contributed by atoms with Crippen LogP contribution in [-0.2, 0) is 4.79 Å². The Morgan fingerprint density at radius 2 is 1.40 bits per heavy atom. The number of carbonyl (C=O) groups excluding carboxylic acids is 1. The molecule has 0 saturated carbocycles. The predicted molar refractivity (Wildman–Crippen MR) is 112 cm³/mol. The SMILES string of the molecule is CC(=O)Oc1ccc([C@@H](c2ccc(OC(F)(F)F)cc2)N2CCNCC2)cc1.Cl.Cl. The highest BCUT2D eigenvalue weighted by Gasteiger charge is 2.31. The number of benzene rings is 2. The first-order valence-electron chi connectivity index (χ1n) is 8.91. The zero-order valence-electron chi connectivity index (χ0n) is 16.1. The van der Waals surface area contributed by atoms with Gasteiger partial charge in [-0.3, -0.25) is 9.69 Å².